The van der Waals surface area contributed by atoms with Gasteiger partial charge in [0.05, 0.1) is 17.4 Å². The van der Waals surface area contributed by atoms with Gasteiger partial charge in [0.2, 0.25) is 5.91 Å². The quantitative estimate of drug-likeness (QED) is 0.920. The number of hydrogen-bond acceptors (Lipinski definition) is 3. The van der Waals surface area contributed by atoms with Gasteiger partial charge in [0.1, 0.15) is 5.82 Å². The molecule has 1 aromatic carbocycles. The van der Waals surface area contributed by atoms with Gasteiger partial charge in [-0.2, -0.15) is 0 Å². The maximum atomic E-state index is 12.1. The van der Waals surface area contributed by atoms with Gasteiger partial charge in [-0.25, -0.2) is 4.98 Å². The van der Waals surface area contributed by atoms with E-state index in [2.05, 4.69) is 16.9 Å². The molecule has 1 saturated carbocycles. The van der Waals surface area contributed by atoms with E-state index in [1.165, 1.54) is 0 Å². The van der Waals surface area contributed by atoms with Gasteiger partial charge in [-0.3, -0.25) is 9.59 Å². The highest BCUT2D eigenvalue weighted by molar-refractivity contribution is 5.81. The summed E-state index contributed by atoms with van der Waals surface area (Å²) in [6.07, 6.45) is 0.963. The van der Waals surface area contributed by atoms with Crippen molar-refractivity contribution in [2.24, 2.45) is 11.8 Å². The van der Waals surface area contributed by atoms with E-state index in [0.717, 1.165) is 6.42 Å². The van der Waals surface area contributed by atoms with Gasteiger partial charge in [-0.05, 0) is 24.5 Å². The van der Waals surface area contributed by atoms with Gasteiger partial charge >= 0.3 is 0 Å². The lowest BCUT2D eigenvalue weighted by atomic mass is 10.2. The normalized spacial score (nSPS) is 20.9. The topological polar surface area (TPSA) is 66.1 Å². The van der Waals surface area contributed by atoms with Crippen molar-refractivity contribution in [1.82, 2.24) is 14.9 Å². The maximum absolute atomic E-state index is 12.1. The maximum Gasteiger partial charge on any atom is 0.258 e. The van der Waals surface area contributed by atoms with Crippen molar-refractivity contribution in [3.63, 3.8) is 0 Å². The number of carbonyl (C=O) groups is 1. The Morgan fingerprint density at radius 1 is 1.45 bits per heavy atom. The number of rotatable bonds is 3. The smallest absolute Gasteiger partial charge is 0.258 e. The molecule has 1 aromatic heterocycles. The molecule has 1 amide bonds. The van der Waals surface area contributed by atoms with Crippen LogP contribution in [-0.4, -0.2) is 27.8 Å². The minimum Gasteiger partial charge on any atom is -0.338 e. The number of nitrogens with one attached hydrogen (secondary N) is 1. The Kier molecular flexibility index (Phi) is 3.04. The summed E-state index contributed by atoms with van der Waals surface area (Å²) in [4.78, 5) is 32.8. The standard InChI is InChI=1S/C15H17N3O2/c1-9-7-11(9)15(20)18(2)8-13-16-12-6-4-3-5-10(12)14(19)17-13/h3-6,9,11H,7-8H2,1-2H3,(H,16,17,19)/t9-,11-/m1/s1. The summed E-state index contributed by atoms with van der Waals surface area (Å²) in [5.41, 5.74) is 0.498. The Balaban J connectivity index is 1.84. The largest absolute Gasteiger partial charge is 0.338 e. The van der Waals surface area contributed by atoms with E-state index in [1.54, 1.807) is 24.1 Å². The molecule has 0 spiro atoms. The zero-order valence-electron chi connectivity index (χ0n) is 11.6. The highest BCUT2D eigenvalue weighted by Gasteiger charge is 2.40. The molecule has 0 aliphatic heterocycles. The molecule has 2 atom stereocenters. The van der Waals surface area contributed by atoms with Crippen LogP contribution in [0.15, 0.2) is 29.1 Å². The van der Waals surface area contributed by atoms with Crippen molar-refractivity contribution in [1.29, 1.82) is 0 Å². The van der Waals surface area contributed by atoms with Crippen LogP contribution in [-0.2, 0) is 11.3 Å². The molecule has 3 rings (SSSR count). The van der Waals surface area contributed by atoms with E-state index < -0.39 is 0 Å². The number of aromatic amines is 1. The molecule has 1 aliphatic rings. The molecular weight excluding hydrogens is 254 g/mol. The van der Waals surface area contributed by atoms with Gasteiger partial charge < -0.3 is 9.88 Å². The van der Waals surface area contributed by atoms with Gasteiger partial charge in [0.15, 0.2) is 0 Å². The van der Waals surface area contributed by atoms with Gasteiger partial charge in [0.25, 0.3) is 5.56 Å². The fraction of sp³-hybridized carbons (Fsp3) is 0.400. The first-order valence-electron chi connectivity index (χ1n) is 6.79. The predicted molar refractivity (Wildman–Crippen MR) is 76.1 cm³/mol. The van der Waals surface area contributed by atoms with Crippen molar-refractivity contribution in [3.05, 3.63) is 40.4 Å². The average Bonchev–Trinajstić information content (AvgIpc) is 3.15. The Morgan fingerprint density at radius 3 is 2.85 bits per heavy atom. The molecular formula is C15H17N3O2. The first kappa shape index (κ1) is 12.8. The van der Waals surface area contributed by atoms with Gasteiger partial charge in [-0.15, -0.1) is 0 Å². The highest BCUT2D eigenvalue weighted by Crippen LogP contribution is 2.39. The van der Waals surface area contributed by atoms with Crippen molar-refractivity contribution in [2.75, 3.05) is 7.05 Å². The number of hydrogen-bond donors (Lipinski definition) is 1. The van der Waals surface area contributed by atoms with E-state index in [4.69, 9.17) is 0 Å². The molecule has 0 radical (unpaired) electrons. The zero-order chi connectivity index (χ0) is 14.3. The van der Waals surface area contributed by atoms with Gasteiger partial charge in [-0.1, -0.05) is 19.1 Å². The number of fused-ring (bicyclic) bond motifs is 1. The summed E-state index contributed by atoms with van der Waals surface area (Å²) in [6, 6.07) is 7.20. The van der Waals surface area contributed by atoms with Crippen LogP contribution >= 0.6 is 0 Å². The predicted octanol–water partition coefficient (Wildman–Crippen LogP) is 1.54. The molecule has 104 valence electrons. The molecule has 5 heteroatoms. The summed E-state index contributed by atoms with van der Waals surface area (Å²) in [5, 5.41) is 0.570. The number of nitrogens with zero attached hydrogens (tertiary/aromatic N) is 2. The van der Waals surface area contributed by atoms with E-state index in [0.29, 0.717) is 29.2 Å². The van der Waals surface area contributed by atoms with Crippen molar-refractivity contribution in [3.8, 4) is 0 Å². The first-order chi connectivity index (χ1) is 9.56. The zero-order valence-corrected chi connectivity index (χ0v) is 11.6. The van der Waals surface area contributed by atoms with E-state index >= 15 is 0 Å². The third-order valence-corrected chi connectivity index (χ3v) is 3.85. The summed E-state index contributed by atoms with van der Waals surface area (Å²) in [7, 11) is 1.75. The first-order valence-corrected chi connectivity index (χ1v) is 6.79. The molecule has 5 nitrogen and oxygen atoms in total. The average molecular weight is 271 g/mol. The summed E-state index contributed by atoms with van der Waals surface area (Å²) in [5.74, 6) is 1.28. The molecule has 0 saturated heterocycles. The molecule has 20 heavy (non-hydrogen) atoms. The lowest BCUT2D eigenvalue weighted by molar-refractivity contribution is -0.132. The van der Waals surface area contributed by atoms with Crippen LogP contribution < -0.4 is 5.56 Å². The lowest BCUT2D eigenvalue weighted by Crippen LogP contribution is -2.29. The van der Waals surface area contributed by atoms with Crippen LogP contribution in [0.2, 0.25) is 0 Å². The SMILES string of the molecule is C[C@@H]1C[C@H]1C(=O)N(C)Cc1nc2ccccc2c(=O)[nH]1. The van der Waals surface area contributed by atoms with Crippen LogP contribution in [0.5, 0.6) is 0 Å². The van der Waals surface area contributed by atoms with Gasteiger partial charge in [0, 0.05) is 13.0 Å². The van der Waals surface area contributed by atoms with Crippen LogP contribution in [0, 0.1) is 11.8 Å². The third-order valence-electron chi connectivity index (χ3n) is 3.85. The minimum atomic E-state index is -0.161. The van der Waals surface area contributed by atoms with Crippen LogP contribution in [0.25, 0.3) is 10.9 Å². The number of carbonyl (C=O) groups excluding carboxylic acids is 1. The Morgan fingerprint density at radius 2 is 2.15 bits per heavy atom. The summed E-state index contributed by atoms with van der Waals surface area (Å²) >= 11 is 0. The van der Waals surface area contributed by atoms with Crippen molar-refractivity contribution >= 4 is 16.8 Å². The summed E-state index contributed by atoms with van der Waals surface area (Å²) in [6.45, 7) is 2.41. The van der Waals surface area contributed by atoms with E-state index in [-0.39, 0.29) is 17.4 Å². The van der Waals surface area contributed by atoms with Crippen LogP contribution in [0.1, 0.15) is 19.2 Å². The molecule has 0 bridgehead atoms. The van der Waals surface area contributed by atoms with E-state index in [9.17, 15) is 9.59 Å². The fourth-order valence-corrected chi connectivity index (χ4v) is 2.46. The minimum absolute atomic E-state index is 0.133. The second-order valence-electron chi connectivity index (χ2n) is 5.54. The number of aromatic nitrogens is 2. The van der Waals surface area contributed by atoms with E-state index in [1.807, 2.05) is 12.1 Å². The van der Waals surface area contributed by atoms with Crippen LogP contribution in [0.4, 0.5) is 0 Å². The molecule has 1 N–H and O–H groups in total. The van der Waals surface area contributed by atoms with Crippen LogP contribution in [0.3, 0.4) is 0 Å². The molecule has 2 aromatic rings. The monoisotopic (exact) mass is 271 g/mol. The molecule has 1 aliphatic carbocycles. The second-order valence-corrected chi connectivity index (χ2v) is 5.54. The Labute approximate surface area is 116 Å². The Bertz CT molecular complexity index is 722. The molecule has 1 heterocycles. The molecule has 1 fully saturated rings. The lowest BCUT2D eigenvalue weighted by Gasteiger charge is -2.16. The number of amides is 1. The number of benzene rings is 1. The highest BCUT2D eigenvalue weighted by atomic mass is 16.2. The summed E-state index contributed by atoms with van der Waals surface area (Å²) < 4.78 is 0. The third kappa shape index (κ3) is 2.31. The fourth-order valence-electron chi connectivity index (χ4n) is 2.46. The number of para-hydroxylation sites is 1. The van der Waals surface area contributed by atoms with Crippen molar-refractivity contribution in [2.45, 2.75) is 19.9 Å². The number of H-pyrrole nitrogens is 1. The molecule has 0 unspecified atom stereocenters. The second kappa shape index (κ2) is 4.74. The Hall–Kier alpha value is -2.17. The van der Waals surface area contributed by atoms with Crippen molar-refractivity contribution < 1.29 is 4.79 Å².